The van der Waals surface area contributed by atoms with Crippen LogP contribution in [0, 0.1) is 0 Å². The number of pyridine rings is 1. The quantitative estimate of drug-likeness (QED) is 0.840. The largest absolute Gasteiger partial charge is 0.371 e. The van der Waals surface area contributed by atoms with Gasteiger partial charge in [-0.25, -0.2) is 9.97 Å². The van der Waals surface area contributed by atoms with Crippen molar-refractivity contribution in [3.8, 4) is 0 Å². The van der Waals surface area contributed by atoms with Gasteiger partial charge in [-0.3, -0.25) is 9.78 Å². The van der Waals surface area contributed by atoms with Crippen LogP contribution in [0.2, 0.25) is 0 Å². The molecule has 0 unspecified atom stereocenters. The van der Waals surface area contributed by atoms with Crippen LogP contribution in [0.4, 0.5) is 0 Å². The molecular formula is C17H20N4O2S. The Morgan fingerprint density at radius 2 is 2.08 bits per heavy atom. The summed E-state index contributed by atoms with van der Waals surface area (Å²) in [6.45, 7) is 2.72. The number of thioether (sulfide) groups is 1. The molecule has 24 heavy (non-hydrogen) atoms. The highest BCUT2D eigenvalue weighted by Crippen LogP contribution is 2.28. The smallest absolute Gasteiger partial charge is 0.273 e. The maximum absolute atomic E-state index is 12.7. The fraction of sp³-hybridized carbons (Fsp3) is 0.412. The van der Waals surface area contributed by atoms with Crippen LogP contribution in [0.1, 0.15) is 41.9 Å². The second-order valence-corrected chi connectivity index (χ2v) is 6.69. The first-order chi connectivity index (χ1) is 11.8. The van der Waals surface area contributed by atoms with E-state index in [1.807, 2.05) is 19.1 Å². The van der Waals surface area contributed by atoms with Crippen molar-refractivity contribution in [3.63, 3.8) is 0 Å². The van der Waals surface area contributed by atoms with Crippen LogP contribution in [0.3, 0.4) is 0 Å². The topological polar surface area (TPSA) is 77.0 Å². The van der Waals surface area contributed by atoms with Crippen molar-refractivity contribution < 1.29 is 9.53 Å². The number of nitrogens with one attached hydrogen (secondary N) is 1. The summed E-state index contributed by atoms with van der Waals surface area (Å²) >= 11 is 1.52. The molecular weight excluding hydrogens is 324 g/mol. The molecule has 7 heteroatoms. The van der Waals surface area contributed by atoms with E-state index in [0.29, 0.717) is 17.3 Å². The first-order valence-corrected chi connectivity index (χ1v) is 9.04. The minimum absolute atomic E-state index is 0.0878. The molecule has 1 aliphatic rings. The van der Waals surface area contributed by atoms with Gasteiger partial charge in [0.05, 0.1) is 6.04 Å². The SMILES string of the molecule is CCSc1nccnc1C(=O)N[C@H]1CCCO[C@@H]1c1ccncc1. The number of hydrogen-bond acceptors (Lipinski definition) is 6. The highest BCUT2D eigenvalue weighted by atomic mass is 32.2. The molecule has 6 nitrogen and oxygen atoms in total. The zero-order chi connectivity index (χ0) is 16.8. The lowest BCUT2D eigenvalue weighted by molar-refractivity contribution is -0.00959. The number of amides is 1. The van der Waals surface area contributed by atoms with Gasteiger partial charge in [-0.05, 0) is 36.3 Å². The molecule has 1 aliphatic heterocycles. The Morgan fingerprint density at radius 3 is 2.88 bits per heavy atom. The van der Waals surface area contributed by atoms with Crippen LogP contribution in [0.5, 0.6) is 0 Å². The third-order valence-electron chi connectivity index (χ3n) is 3.83. The molecule has 0 aliphatic carbocycles. The standard InChI is InChI=1S/C17H20N4O2S/c1-2-24-17-14(19-9-10-20-17)16(22)21-13-4-3-11-23-15(13)12-5-7-18-8-6-12/h5-10,13,15H,2-4,11H2,1H3,(H,21,22)/t13-,15+/m0/s1. The maximum atomic E-state index is 12.7. The Hall–Kier alpha value is -1.99. The van der Waals surface area contributed by atoms with Crippen LogP contribution in [-0.4, -0.2) is 39.3 Å². The van der Waals surface area contributed by atoms with Crippen LogP contribution in [0.15, 0.2) is 41.9 Å². The van der Waals surface area contributed by atoms with E-state index >= 15 is 0 Å². The van der Waals surface area contributed by atoms with Gasteiger partial charge in [0.15, 0.2) is 5.69 Å². The summed E-state index contributed by atoms with van der Waals surface area (Å²) in [6, 6.07) is 3.76. The van der Waals surface area contributed by atoms with Crippen molar-refractivity contribution >= 4 is 17.7 Å². The van der Waals surface area contributed by atoms with Gasteiger partial charge >= 0.3 is 0 Å². The molecule has 1 amide bonds. The molecule has 3 heterocycles. The van der Waals surface area contributed by atoms with Gasteiger partial charge in [-0.1, -0.05) is 6.92 Å². The van der Waals surface area contributed by atoms with Crippen molar-refractivity contribution in [3.05, 3.63) is 48.2 Å². The number of carbonyl (C=O) groups is 1. The lowest BCUT2D eigenvalue weighted by atomic mass is 9.96. The van der Waals surface area contributed by atoms with Gasteiger partial charge < -0.3 is 10.1 Å². The number of hydrogen-bond donors (Lipinski definition) is 1. The van der Waals surface area contributed by atoms with E-state index in [1.165, 1.54) is 11.8 Å². The second-order valence-electron chi connectivity index (χ2n) is 5.44. The maximum Gasteiger partial charge on any atom is 0.273 e. The lowest BCUT2D eigenvalue weighted by Gasteiger charge is -2.32. The van der Waals surface area contributed by atoms with Gasteiger partial charge in [-0.15, -0.1) is 11.8 Å². The first-order valence-electron chi connectivity index (χ1n) is 8.05. The molecule has 0 aromatic carbocycles. The lowest BCUT2D eigenvalue weighted by Crippen LogP contribution is -2.43. The predicted molar refractivity (Wildman–Crippen MR) is 91.8 cm³/mol. The van der Waals surface area contributed by atoms with Gasteiger partial charge in [0.1, 0.15) is 11.1 Å². The minimum Gasteiger partial charge on any atom is -0.371 e. The number of aromatic nitrogens is 3. The molecule has 2 aromatic rings. The summed E-state index contributed by atoms with van der Waals surface area (Å²) in [7, 11) is 0. The van der Waals surface area contributed by atoms with Gasteiger partial charge in [-0.2, -0.15) is 0 Å². The molecule has 1 saturated heterocycles. The number of ether oxygens (including phenoxy) is 1. The molecule has 2 aromatic heterocycles. The van der Waals surface area contributed by atoms with Crippen molar-refractivity contribution in [2.24, 2.45) is 0 Å². The highest BCUT2D eigenvalue weighted by Gasteiger charge is 2.30. The zero-order valence-corrected chi connectivity index (χ0v) is 14.3. The van der Waals surface area contributed by atoms with Crippen molar-refractivity contribution in [1.29, 1.82) is 0 Å². The van der Waals surface area contributed by atoms with E-state index < -0.39 is 0 Å². The molecule has 3 rings (SSSR count). The van der Waals surface area contributed by atoms with Crippen LogP contribution >= 0.6 is 11.8 Å². The van der Waals surface area contributed by atoms with Gasteiger partial charge in [0, 0.05) is 31.4 Å². The first kappa shape index (κ1) is 16.9. The van der Waals surface area contributed by atoms with Crippen molar-refractivity contribution in [1.82, 2.24) is 20.3 Å². The third-order valence-corrected chi connectivity index (χ3v) is 4.70. The fourth-order valence-corrected chi connectivity index (χ4v) is 3.46. The summed E-state index contributed by atoms with van der Waals surface area (Å²) < 4.78 is 5.91. The third kappa shape index (κ3) is 3.91. The Balaban J connectivity index is 1.77. The van der Waals surface area contributed by atoms with Crippen LogP contribution in [0.25, 0.3) is 0 Å². The highest BCUT2D eigenvalue weighted by molar-refractivity contribution is 7.99. The Bertz CT molecular complexity index is 683. The molecule has 2 atom stereocenters. The molecule has 0 radical (unpaired) electrons. The summed E-state index contributed by atoms with van der Waals surface area (Å²) in [5, 5.41) is 3.74. The fourth-order valence-electron chi connectivity index (χ4n) is 2.77. The molecule has 0 spiro atoms. The van der Waals surface area contributed by atoms with Crippen LogP contribution in [-0.2, 0) is 4.74 Å². The summed E-state index contributed by atoms with van der Waals surface area (Å²) in [5.41, 5.74) is 1.40. The summed E-state index contributed by atoms with van der Waals surface area (Å²) in [4.78, 5) is 25.2. The van der Waals surface area contributed by atoms with Crippen molar-refractivity contribution in [2.75, 3.05) is 12.4 Å². The average Bonchev–Trinajstić information content (AvgIpc) is 2.63. The van der Waals surface area contributed by atoms with E-state index in [2.05, 4.69) is 20.3 Å². The molecule has 1 fully saturated rings. The summed E-state index contributed by atoms with van der Waals surface area (Å²) in [6.07, 6.45) is 8.27. The van der Waals surface area contributed by atoms with E-state index in [1.54, 1.807) is 24.8 Å². The van der Waals surface area contributed by atoms with E-state index in [-0.39, 0.29) is 18.1 Å². The predicted octanol–water partition coefficient (Wildman–Crippen LogP) is 2.63. The van der Waals surface area contributed by atoms with Crippen LogP contribution < -0.4 is 5.32 Å². The average molecular weight is 344 g/mol. The number of carbonyl (C=O) groups excluding carboxylic acids is 1. The Morgan fingerprint density at radius 1 is 1.29 bits per heavy atom. The monoisotopic (exact) mass is 344 g/mol. The molecule has 0 bridgehead atoms. The van der Waals surface area contributed by atoms with Gasteiger partial charge in [0.25, 0.3) is 5.91 Å². The minimum atomic E-state index is -0.200. The molecule has 1 N–H and O–H groups in total. The van der Waals surface area contributed by atoms with E-state index in [4.69, 9.17) is 4.74 Å². The number of rotatable bonds is 5. The molecule has 0 saturated carbocycles. The normalized spacial score (nSPS) is 20.5. The van der Waals surface area contributed by atoms with E-state index in [9.17, 15) is 4.79 Å². The second kappa shape index (κ2) is 8.21. The Labute approximate surface area is 145 Å². The summed E-state index contributed by atoms with van der Waals surface area (Å²) in [5.74, 6) is 0.638. The Kier molecular flexibility index (Phi) is 5.77. The van der Waals surface area contributed by atoms with Gasteiger partial charge in [0.2, 0.25) is 0 Å². The van der Waals surface area contributed by atoms with E-state index in [0.717, 1.165) is 24.2 Å². The zero-order valence-electron chi connectivity index (χ0n) is 13.5. The number of nitrogens with zero attached hydrogens (tertiary/aromatic N) is 3. The van der Waals surface area contributed by atoms with Crippen molar-refractivity contribution in [2.45, 2.75) is 36.9 Å². The molecule has 126 valence electrons.